The summed E-state index contributed by atoms with van der Waals surface area (Å²) in [7, 11) is 0. The maximum absolute atomic E-state index is 11.5. The highest BCUT2D eigenvalue weighted by atomic mass is 16.3. The summed E-state index contributed by atoms with van der Waals surface area (Å²) in [5.74, 6) is 0.226. The monoisotopic (exact) mass is 431 g/mol. The minimum Gasteiger partial charge on any atom is -0.507 e. The first kappa shape index (κ1) is 23.7. The van der Waals surface area contributed by atoms with E-state index in [1.165, 1.54) is 0 Å². The molecule has 0 amide bonds. The van der Waals surface area contributed by atoms with Gasteiger partial charge in [-0.25, -0.2) is 0 Å². The van der Waals surface area contributed by atoms with E-state index in [1.807, 2.05) is 36.4 Å². The van der Waals surface area contributed by atoms with E-state index in [2.05, 4.69) is 67.5 Å². The van der Waals surface area contributed by atoms with E-state index in [4.69, 9.17) is 5.73 Å². The van der Waals surface area contributed by atoms with Gasteiger partial charge in [-0.05, 0) is 53.5 Å². The van der Waals surface area contributed by atoms with Crippen LogP contribution < -0.4 is 5.73 Å². The third-order valence-corrected chi connectivity index (χ3v) is 6.08. The summed E-state index contributed by atoms with van der Waals surface area (Å²) in [6, 6.07) is 15.9. The quantitative estimate of drug-likeness (QED) is 0.307. The Kier molecular flexibility index (Phi) is 6.08. The standard InChI is InChI=1S/C29H37NO2/c1-17-13-21(26(31)23(15-17)28(3,4)5)25(19-9-11-20(30)12-10-19)22-14-18(2)16-24(27(22)32)29(6,7)8/h9-16,25,31-32H,30H2,1-8H3. The second-order valence-electron chi connectivity index (χ2n) is 11.1. The lowest BCUT2D eigenvalue weighted by molar-refractivity contribution is 0.431. The highest BCUT2D eigenvalue weighted by Crippen LogP contribution is 2.47. The van der Waals surface area contributed by atoms with Gasteiger partial charge in [-0.15, -0.1) is 0 Å². The first-order valence-corrected chi connectivity index (χ1v) is 11.2. The van der Waals surface area contributed by atoms with Crippen LogP contribution in [0.15, 0.2) is 48.5 Å². The first-order chi connectivity index (χ1) is 14.7. The van der Waals surface area contributed by atoms with Crippen LogP contribution in [-0.2, 0) is 10.8 Å². The van der Waals surface area contributed by atoms with Crippen LogP contribution in [0.1, 0.15) is 86.4 Å². The van der Waals surface area contributed by atoms with Gasteiger partial charge < -0.3 is 15.9 Å². The third-order valence-electron chi connectivity index (χ3n) is 6.08. The molecule has 0 aromatic heterocycles. The maximum Gasteiger partial charge on any atom is 0.123 e. The zero-order valence-electron chi connectivity index (χ0n) is 20.7. The molecule has 0 atom stereocenters. The van der Waals surface area contributed by atoms with Crippen molar-refractivity contribution in [3.63, 3.8) is 0 Å². The molecule has 170 valence electrons. The molecule has 0 aliphatic rings. The van der Waals surface area contributed by atoms with Gasteiger partial charge >= 0.3 is 0 Å². The number of anilines is 1. The van der Waals surface area contributed by atoms with Crippen LogP contribution >= 0.6 is 0 Å². The predicted molar refractivity (Wildman–Crippen MR) is 135 cm³/mol. The van der Waals surface area contributed by atoms with Gasteiger partial charge in [0.2, 0.25) is 0 Å². The Hall–Kier alpha value is -2.94. The lowest BCUT2D eigenvalue weighted by Gasteiger charge is -2.29. The van der Waals surface area contributed by atoms with Crippen molar-refractivity contribution in [1.29, 1.82) is 0 Å². The Balaban J connectivity index is 2.41. The van der Waals surface area contributed by atoms with E-state index in [9.17, 15) is 10.2 Å². The summed E-state index contributed by atoms with van der Waals surface area (Å²) in [6.07, 6.45) is 0. The number of aromatic hydroxyl groups is 2. The molecule has 0 fully saturated rings. The van der Waals surface area contributed by atoms with Gasteiger partial charge in [-0.1, -0.05) is 89.1 Å². The molecule has 0 spiro atoms. The van der Waals surface area contributed by atoms with E-state index in [1.54, 1.807) is 0 Å². The molecule has 0 heterocycles. The van der Waals surface area contributed by atoms with Crippen LogP contribution in [0.5, 0.6) is 11.5 Å². The van der Waals surface area contributed by atoms with Crippen LogP contribution in [0.25, 0.3) is 0 Å². The Morgan fingerprint density at radius 2 is 1.03 bits per heavy atom. The van der Waals surface area contributed by atoms with Crippen LogP contribution in [0, 0.1) is 13.8 Å². The topological polar surface area (TPSA) is 66.5 Å². The zero-order valence-corrected chi connectivity index (χ0v) is 20.7. The molecule has 3 aromatic rings. The average molecular weight is 432 g/mol. The smallest absolute Gasteiger partial charge is 0.123 e. The molecule has 3 rings (SSSR count). The number of hydrogen-bond donors (Lipinski definition) is 3. The molecule has 4 N–H and O–H groups in total. The van der Waals surface area contributed by atoms with Crippen molar-refractivity contribution in [1.82, 2.24) is 0 Å². The van der Waals surface area contributed by atoms with Crippen molar-refractivity contribution < 1.29 is 10.2 Å². The summed E-state index contributed by atoms with van der Waals surface area (Å²) in [6.45, 7) is 16.7. The molecule has 0 aliphatic carbocycles. The summed E-state index contributed by atoms with van der Waals surface area (Å²) in [5.41, 5.74) is 12.7. The summed E-state index contributed by atoms with van der Waals surface area (Å²) in [5, 5.41) is 23.0. The Morgan fingerprint density at radius 1 is 0.656 bits per heavy atom. The highest BCUT2D eigenvalue weighted by Gasteiger charge is 2.30. The van der Waals surface area contributed by atoms with E-state index in [0.717, 1.165) is 38.9 Å². The third kappa shape index (κ3) is 4.62. The summed E-state index contributed by atoms with van der Waals surface area (Å²) in [4.78, 5) is 0. The fourth-order valence-corrected chi connectivity index (χ4v) is 4.41. The Labute approximate surface area is 192 Å². The summed E-state index contributed by atoms with van der Waals surface area (Å²) >= 11 is 0. The van der Waals surface area contributed by atoms with E-state index in [-0.39, 0.29) is 28.2 Å². The molecule has 32 heavy (non-hydrogen) atoms. The molecule has 3 heteroatoms. The Morgan fingerprint density at radius 3 is 1.38 bits per heavy atom. The van der Waals surface area contributed by atoms with Crippen molar-refractivity contribution >= 4 is 5.69 Å². The number of hydrogen-bond acceptors (Lipinski definition) is 3. The van der Waals surface area contributed by atoms with Gasteiger partial charge in [0.1, 0.15) is 11.5 Å². The minimum atomic E-state index is -0.336. The lowest BCUT2D eigenvalue weighted by atomic mass is 9.76. The minimum absolute atomic E-state index is 0.220. The number of nitrogen functional groups attached to an aromatic ring is 1. The second-order valence-corrected chi connectivity index (χ2v) is 11.1. The van der Waals surface area contributed by atoms with Crippen LogP contribution in [0.2, 0.25) is 0 Å². The lowest BCUT2D eigenvalue weighted by Crippen LogP contribution is -2.16. The summed E-state index contributed by atoms with van der Waals surface area (Å²) < 4.78 is 0. The van der Waals surface area contributed by atoms with Gasteiger partial charge in [0.15, 0.2) is 0 Å². The largest absolute Gasteiger partial charge is 0.507 e. The molecule has 0 bridgehead atoms. The van der Waals surface area contributed by atoms with Crippen LogP contribution in [0.3, 0.4) is 0 Å². The van der Waals surface area contributed by atoms with Gasteiger partial charge in [0.25, 0.3) is 0 Å². The average Bonchev–Trinajstić information content (AvgIpc) is 2.66. The SMILES string of the molecule is Cc1cc(C(c2ccc(N)cc2)c2cc(C)cc(C(C)(C)C)c2O)c(O)c(C(C)(C)C)c1. The number of nitrogens with two attached hydrogens (primary N) is 1. The highest BCUT2D eigenvalue weighted by molar-refractivity contribution is 5.60. The van der Waals surface area contributed by atoms with Crippen molar-refractivity contribution in [3.05, 3.63) is 87.5 Å². The predicted octanol–water partition coefficient (Wildman–Crippen LogP) is 7.07. The fraction of sp³-hybridized carbons (Fsp3) is 0.379. The number of phenolic OH excluding ortho intramolecular Hbond substituents is 2. The van der Waals surface area contributed by atoms with Crippen molar-refractivity contribution in [2.75, 3.05) is 5.73 Å². The van der Waals surface area contributed by atoms with Gasteiger partial charge in [0, 0.05) is 22.7 Å². The molecular weight excluding hydrogens is 394 g/mol. The molecule has 3 aromatic carbocycles. The van der Waals surface area contributed by atoms with Crippen molar-refractivity contribution in [2.24, 2.45) is 0 Å². The molecule has 0 unspecified atom stereocenters. The molecule has 0 radical (unpaired) electrons. The second kappa shape index (κ2) is 8.20. The normalized spacial score (nSPS) is 12.4. The van der Waals surface area contributed by atoms with Gasteiger partial charge in [-0.2, -0.15) is 0 Å². The molecule has 0 aliphatic heterocycles. The van der Waals surface area contributed by atoms with Crippen LogP contribution in [-0.4, -0.2) is 10.2 Å². The number of aryl methyl sites for hydroxylation is 2. The van der Waals surface area contributed by atoms with Gasteiger partial charge in [-0.3, -0.25) is 0 Å². The molecular formula is C29H37NO2. The maximum atomic E-state index is 11.5. The number of phenols is 2. The van der Waals surface area contributed by atoms with Crippen molar-refractivity contribution in [3.8, 4) is 11.5 Å². The van der Waals surface area contributed by atoms with E-state index in [0.29, 0.717) is 5.69 Å². The molecule has 0 saturated carbocycles. The van der Waals surface area contributed by atoms with E-state index >= 15 is 0 Å². The first-order valence-electron chi connectivity index (χ1n) is 11.2. The van der Waals surface area contributed by atoms with Gasteiger partial charge in [0.05, 0.1) is 0 Å². The van der Waals surface area contributed by atoms with E-state index < -0.39 is 0 Å². The Bertz CT molecular complexity index is 1060. The molecule has 0 saturated heterocycles. The number of rotatable bonds is 3. The fourth-order valence-electron chi connectivity index (χ4n) is 4.41. The molecule has 3 nitrogen and oxygen atoms in total. The zero-order chi connectivity index (χ0) is 24.0. The number of benzene rings is 3. The van der Waals surface area contributed by atoms with Crippen LogP contribution in [0.4, 0.5) is 5.69 Å². The van der Waals surface area contributed by atoms with Crippen molar-refractivity contribution in [2.45, 2.75) is 72.1 Å².